The smallest absolute Gasteiger partial charge is 0.185 e. The van der Waals surface area contributed by atoms with Crippen molar-refractivity contribution in [3.8, 4) is 44.9 Å². The number of para-hydroxylation sites is 4. The summed E-state index contributed by atoms with van der Waals surface area (Å²) in [5, 5.41) is 5.25. The van der Waals surface area contributed by atoms with Crippen molar-refractivity contribution in [3.63, 3.8) is 0 Å². The molecule has 0 radical (unpaired) electrons. The summed E-state index contributed by atoms with van der Waals surface area (Å²) in [4.78, 5) is 11.5. The molecule has 4 heterocycles. The molecule has 0 bridgehead atoms. The van der Waals surface area contributed by atoms with Crippen molar-refractivity contribution in [2.75, 3.05) is 21.4 Å². The Bertz CT molecular complexity index is 4380. The molecular formula is C72H66N4OSi. The van der Waals surface area contributed by atoms with Crippen molar-refractivity contribution in [2.45, 2.75) is 78.6 Å². The Labute approximate surface area is 476 Å². The fourth-order valence-corrected chi connectivity index (χ4v) is 17.5. The summed E-state index contributed by atoms with van der Waals surface area (Å²) in [7, 11) is -3.17. The first kappa shape index (κ1) is 39.0. The maximum absolute atomic E-state index is 9.18. The minimum absolute atomic E-state index is 0.0920. The van der Waals surface area contributed by atoms with Gasteiger partial charge in [-0.3, -0.25) is 4.90 Å². The number of nitrogens with zero attached hydrogens (tertiary/aromatic N) is 4. The van der Waals surface area contributed by atoms with Crippen molar-refractivity contribution < 1.29 is 18.4 Å². The van der Waals surface area contributed by atoms with Gasteiger partial charge >= 0.3 is 0 Å². The van der Waals surface area contributed by atoms with Gasteiger partial charge in [-0.15, -0.1) is 0 Å². The minimum Gasteiger partial charge on any atom is -0.457 e. The lowest BCUT2D eigenvalue weighted by molar-refractivity contribution is 0.483. The third kappa shape index (κ3) is 8.07. The van der Waals surface area contributed by atoms with Crippen LogP contribution in [0.4, 0.5) is 39.9 Å². The summed E-state index contributed by atoms with van der Waals surface area (Å²) in [6, 6.07) is 49.6. The largest absolute Gasteiger partial charge is 0.457 e. The predicted octanol–water partition coefficient (Wildman–Crippen LogP) is 16.5. The van der Waals surface area contributed by atoms with Crippen LogP contribution < -0.4 is 40.2 Å². The van der Waals surface area contributed by atoms with Crippen molar-refractivity contribution in [1.82, 2.24) is 4.98 Å². The SMILES string of the molecule is [2H]c1c([2H])c([2H])c(-c2cccc(-c3c([2H])c([2H])c([2H])c([2H])c3[2H])c2N2CN(c3cccc(Oc4ccc5c(c4)N(c4cc(C(C)(C)C)ccn4)c4ccccc4[Si]54c5cc(C(C)(C)C)ccc5-c5ccc(C(C)(C)C)cc54)c3)c3ccccc32)c([2H])c1[2H]. The van der Waals surface area contributed by atoms with E-state index in [-0.39, 0.29) is 45.2 Å². The van der Waals surface area contributed by atoms with Crippen LogP contribution in [-0.2, 0) is 16.2 Å². The van der Waals surface area contributed by atoms with E-state index in [4.69, 9.17) is 17.9 Å². The van der Waals surface area contributed by atoms with Gasteiger partial charge in [0, 0.05) is 40.8 Å². The third-order valence-electron chi connectivity index (χ3n) is 15.8. The zero-order valence-electron chi connectivity index (χ0n) is 55.5. The highest BCUT2D eigenvalue weighted by atomic mass is 28.3. The fraction of sp³-hybridized carbons (Fsp3) is 0.181. The molecule has 0 aliphatic carbocycles. The first-order valence-electron chi connectivity index (χ1n) is 31.7. The lowest BCUT2D eigenvalue weighted by Gasteiger charge is -2.44. The van der Waals surface area contributed by atoms with Crippen LogP contribution in [0.2, 0.25) is 0 Å². The van der Waals surface area contributed by atoms with Crippen LogP contribution in [0.3, 0.4) is 0 Å². The number of fused-ring (bicyclic) bond motifs is 10. The van der Waals surface area contributed by atoms with Crippen molar-refractivity contribution >= 4 is 68.8 Å². The Morgan fingerprint density at radius 3 is 1.56 bits per heavy atom. The summed E-state index contributed by atoms with van der Waals surface area (Å²) in [6.07, 6.45) is 1.92. The molecule has 0 saturated heterocycles. The molecule has 384 valence electrons. The quantitative estimate of drug-likeness (QED) is 0.149. The molecule has 3 aliphatic rings. The standard InChI is InChI=1S/C72H66N4OSi/c1-70(2,3)50-34-37-58-59-38-35-51(71(4,5)6)43-67(59)78(66(58)42-50)64-33-19-18-32-62(64)76(68-44-52(40-41-73-68)72(7,8)9)63-46-55(36-39-65(63)78)77-54-27-20-26-53(45-54)74-47-75(61-31-17-16-30-60(61)74)69-56(48-22-12-10-13-23-48)28-21-29-57(69)49-24-14-11-15-25-49/h10-46H,47H2,1-9H3/i10D,11D,12D,13D,14D,15D,22D,23D,24D,25D. The van der Waals surface area contributed by atoms with Crippen molar-refractivity contribution in [3.05, 3.63) is 241 Å². The van der Waals surface area contributed by atoms with E-state index in [9.17, 15) is 5.48 Å². The molecule has 9 aromatic carbocycles. The molecule has 0 fully saturated rings. The molecule has 0 unspecified atom stereocenters. The Morgan fingerprint density at radius 2 is 0.962 bits per heavy atom. The average molecular weight is 1040 g/mol. The molecule has 5 nitrogen and oxygen atoms in total. The molecule has 1 spiro atoms. The number of anilines is 7. The molecule has 0 amide bonds. The normalized spacial score (nSPS) is 16.0. The van der Waals surface area contributed by atoms with Crippen LogP contribution in [0.25, 0.3) is 33.4 Å². The number of hydrogen-bond donors (Lipinski definition) is 0. The van der Waals surface area contributed by atoms with Crippen LogP contribution in [0.15, 0.2) is 224 Å². The van der Waals surface area contributed by atoms with E-state index in [1.807, 2.05) is 59.6 Å². The Hall–Kier alpha value is -8.45. The maximum Gasteiger partial charge on any atom is 0.185 e. The maximum atomic E-state index is 9.18. The molecule has 0 saturated carbocycles. The van der Waals surface area contributed by atoms with E-state index in [1.165, 1.54) is 43.0 Å². The Morgan fingerprint density at radius 1 is 0.436 bits per heavy atom. The first-order chi connectivity index (χ1) is 41.7. The first-order valence-corrected chi connectivity index (χ1v) is 28.7. The van der Waals surface area contributed by atoms with Crippen molar-refractivity contribution in [2.24, 2.45) is 0 Å². The zero-order valence-corrected chi connectivity index (χ0v) is 46.5. The number of hydrogen-bond acceptors (Lipinski definition) is 5. The fourth-order valence-electron chi connectivity index (χ4n) is 11.9. The Balaban J connectivity index is 0.976. The number of aromatic nitrogens is 1. The number of pyridine rings is 1. The van der Waals surface area contributed by atoms with Gasteiger partial charge in [-0.25, -0.2) is 4.98 Å². The van der Waals surface area contributed by atoms with Crippen LogP contribution in [0.1, 0.15) is 92.7 Å². The van der Waals surface area contributed by atoms with Crippen LogP contribution >= 0.6 is 0 Å². The molecule has 78 heavy (non-hydrogen) atoms. The van der Waals surface area contributed by atoms with Gasteiger partial charge in [0.25, 0.3) is 0 Å². The number of benzene rings is 9. The second kappa shape index (κ2) is 18.4. The lowest BCUT2D eigenvalue weighted by atomic mass is 9.85. The summed E-state index contributed by atoms with van der Waals surface area (Å²) in [5.41, 5.74) is 10.6. The van der Waals surface area contributed by atoms with E-state index >= 15 is 0 Å². The molecule has 1 aromatic heterocycles. The van der Waals surface area contributed by atoms with E-state index in [1.54, 1.807) is 18.2 Å². The van der Waals surface area contributed by atoms with E-state index in [0.29, 0.717) is 22.9 Å². The van der Waals surface area contributed by atoms with Gasteiger partial charge in [-0.1, -0.05) is 220 Å². The molecule has 0 atom stereocenters. The highest BCUT2D eigenvalue weighted by molar-refractivity contribution is 7.23. The highest BCUT2D eigenvalue weighted by Gasteiger charge is 2.55. The van der Waals surface area contributed by atoms with Gasteiger partial charge in [0.1, 0.15) is 24.0 Å². The van der Waals surface area contributed by atoms with Crippen LogP contribution in [-0.4, -0.2) is 19.7 Å². The van der Waals surface area contributed by atoms with Gasteiger partial charge < -0.3 is 14.5 Å². The van der Waals surface area contributed by atoms with E-state index in [0.717, 1.165) is 34.1 Å². The van der Waals surface area contributed by atoms with E-state index in [2.05, 4.69) is 163 Å². The molecule has 3 aliphatic heterocycles. The van der Waals surface area contributed by atoms with Gasteiger partial charge in [-0.2, -0.15) is 0 Å². The zero-order chi connectivity index (χ0) is 62.4. The van der Waals surface area contributed by atoms with Crippen LogP contribution in [0, 0.1) is 0 Å². The predicted molar refractivity (Wildman–Crippen MR) is 331 cm³/mol. The van der Waals surface area contributed by atoms with Gasteiger partial charge in [0.05, 0.1) is 36.5 Å². The lowest BCUT2D eigenvalue weighted by Crippen LogP contribution is -2.75. The van der Waals surface area contributed by atoms with Crippen molar-refractivity contribution in [1.29, 1.82) is 0 Å². The molecule has 13 rings (SSSR count). The highest BCUT2D eigenvalue weighted by Crippen LogP contribution is 2.51. The third-order valence-corrected chi connectivity index (χ3v) is 20.7. The van der Waals surface area contributed by atoms with Gasteiger partial charge in [-0.05, 0) is 124 Å². The van der Waals surface area contributed by atoms with E-state index < -0.39 is 68.5 Å². The molecular weight excluding hydrogens is 965 g/mol. The van der Waals surface area contributed by atoms with Crippen LogP contribution in [0.5, 0.6) is 11.5 Å². The second-order valence-corrected chi connectivity index (χ2v) is 27.4. The summed E-state index contributed by atoms with van der Waals surface area (Å²) >= 11 is 0. The van der Waals surface area contributed by atoms with Gasteiger partial charge in [0.2, 0.25) is 0 Å². The second-order valence-electron chi connectivity index (χ2n) is 23.7. The number of ether oxygens (including phenoxy) is 1. The average Bonchev–Trinajstić information content (AvgIpc) is 1.42. The summed E-state index contributed by atoms with van der Waals surface area (Å²) < 4.78 is 95.6. The monoisotopic (exact) mass is 1040 g/mol. The summed E-state index contributed by atoms with van der Waals surface area (Å²) in [5.74, 6) is 1.96. The molecule has 10 aromatic rings. The molecule has 0 N–H and O–H groups in total. The topological polar surface area (TPSA) is 31.8 Å². The summed E-state index contributed by atoms with van der Waals surface area (Å²) in [6.45, 7) is 20.5. The minimum atomic E-state index is -3.17. The number of rotatable bonds is 7. The Kier molecular flexibility index (Phi) is 9.17. The van der Waals surface area contributed by atoms with Gasteiger partial charge in [0.15, 0.2) is 8.07 Å². The molecule has 6 heteroatoms.